The molecule has 0 radical (unpaired) electrons. The van der Waals surface area contributed by atoms with Crippen molar-refractivity contribution in [3.63, 3.8) is 0 Å². The smallest absolute Gasteiger partial charge is 0.449 e. The normalized spacial score (nSPS) is 17.3. The van der Waals surface area contributed by atoms with Crippen LogP contribution in [0.2, 0.25) is 5.02 Å². The second-order valence-electron chi connectivity index (χ2n) is 8.83. The number of thiophene rings is 1. The molecule has 3 aromatic rings. The minimum Gasteiger partial charge on any atom is -0.449 e. The van der Waals surface area contributed by atoms with Gasteiger partial charge in [-0.05, 0) is 42.0 Å². The number of rotatable bonds is 5. The van der Waals surface area contributed by atoms with E-state index in [4.69, 9.17) is 21.1 Å². The van der Waals surface area contributed by atoms with Crippen molar-refractivity contribution in [2.75, 3.05) is 26.3 Å². The van der Waals surface area contributed by atoms with Crippen molar-refractivity contribution in [2.24, 2.45) is 0 Å². The van der Waals surface area contributed by atoms with Gasteiger partial charge < -0.3 is 24.0 Å². The molecule has 3 heterocycles. The van der Waals surface area contributed by atoms with Gasteiger partial charge in [0.2, 0.25) is 5.91 Å². The van der Waals surface area contributed by atoms with E-state index in [1.54, 1.807) is 6.07 Å². The lowest BCUT2D eigenvalue weighted by atomic mass is 9.83. The van der Waals surface area contributed by atoms with Crippen LogP contribution in [0.25, 0.3) is 21.5 Å². The van der Waals surface area contributed by atoms with E-state index in [-0.39, 0.29) is 12.5 Å². The molecule has 0 atom stereocenters. The maximum absolute atomic E-state index is 13.3. The Labute approximate surface area is 206 Å². The summed E-state index contributed by atoms with van der Waals surface area (Å²) >= 11 is 7.73. The highest BCUT2D eigenvalue weighted by Gasteiger charge is 2.30. The molecule has 1 aliphatic carbocycles. The van der Waals surface area contributed by atoms with Crippen molar-refractivity contribution in [2.45, 2.75) is 44.6 Å². The first-order valence-electron chi connectivity index (χ1n) is 11.7. The minimum atomic E-state index is -1.34. The van der Waals surface area contributed by atoms with Gasteiger partial charge in [0, 0.05) is 24.2 Å². The van der Waals surface area contributed by atoms with Crippen LogP contribution in [0.1, 0.15) is 43.6 Å². The van der Waals surface area contributed by atoms with Gasteiger partial charge in [0.15, 0.2) is 5.06 Å². The number of benzene rings is 1. The van der Waals surface area contributed by atoms with Crippen molar-refractivity contribution in [1.29, 1.82) is 0 Å². The van der Waals surface area contributed by atoms with Crippen molar-refractivity contribution in [3.8, 4) is 16.3 Å². The third-order valence-electron chi connectivity index (χ3n) is 6.71. The second-order valence-corrected chi connectivity index (χ2v) is 10.3. The SMILES string of the molecule is O=C(O)Oc1cc2c(s1)c(C1CCCCC1)c(-c1cccc(Cl)c1)n2CC(=O)N1CCOCC1. The van der Waals surface area contributed by atoms with Gasteiger partial charge in [-0.15, -0.1) is 0 Å². The molecule has 180 valence electrons. The topological polar surface area (TPSA) is 81.0 Å². The fraction of sp³-hybridized carbons (Fsp3) is 0.440. The van der Waals surface area contributed by atoms with Crippen molar-refractivity contribution in [1.82, 2.24) is 9.47 Å². The number of hydrogen-bond donors (Lipinski definition) is 1. The molecule has 1 aromatic carbocycles. The van der Waals surface area contributed by atoms with Gasteiger partial charge in [-0.3, -0.25) is 4.79 Å². The maximum Gasteiger partial charge on any atom is 0.512 e. The lowest BCUT2D eigenvalue weighted by Crippen LogP contribution is -2.42. The van der Waals surface area contributed by atoms with Crippen LogP contribution >= 0.6 is 22.9 Å². The largest absolute Gasteiger partial charge is 0.512 e. The van der Waals surface area contributed by atoms with E-state index in [0.29, 0.717) is 42.3 Å². The number of carbonyl (C=O) groups is 2. The second kappa shape index (κ2) is 9.98. The Morgan fingerprint density at radius 2 is 1.91 bits per heavy atom. The highest BCUT2D eigenvalue weighted by Crippen LogP contribution is 2.48. The molecule has 1 N–H and O–H groups in total. The fourth-order valence-corrected chi connectivity index (χ4v) is 6.51. The number of carboxylic acid groups (broad SMARTS) is 1. The molecule has 0 spiro atoms. The highest BCUT2D eigenvalue weighted by molar-refractivity contribution is 7.21. The van der Waals surface area contributed by atoms with Crippen LogP contribution in [-0.4, -0.2) is 52.9 Å². The maximum atomic E-state index is 13.3. The Balaban J connectivity index is 1.68. The Morgan fingerprint density at radius 3 is 2.62 bits per heavy atom. The zero-order chi connectivity index (χ0) is 23.7. The van der Waals surface area contributed by atoms with Crippen LogP contribution in [0.4, 0.5) is 4.79 Å². The molecule has 1 amide bonds. The van der Waals surface area contributed by atoms with E-state index in [9.17, 15) is 14.7 Å². The van der Waals surface area contributed by atoms with Crippen LogP contribution in [0.3, 0.4) is 0 Å². The number of hydrogen-bond acceptors (Lipinski definition) is 5. The third-order valence-corrected chi connectivity index (χ3v) is 7.98. The summed E-state index contributed by atoms with van der Waals surface area (Å²) in [4.78, 5) is 26.4. The van der Waals surface area contributed by atoms with Crippen LogP contribution < -0.4 is 4.74 Å². The standard InChI is InChI=1S/C25H27ClN2O5S/c26-18-8-4-7-17(13-18)23-22(16-5-2-1-3-6-16)24-19(14-21(34-24)33-25(30)31)28(23)15-20(29)27-9-11-32-12-10-27/h4,7-8,13-14,16H,1-3,5-6,9-12,15H2,(H,30,31). The summed E-state index contributed by atoms with van der Waals surface area (Å²) in [6, 6.07) is 9.49. The average molecular weight is 503 g/mol. The van der Waals surface area contributed by atoms with E-state index in [0.717, 1.165) is 47.2 Å². The molecular weight excluding hydrogens is 476 g/mol. The van der Waals surface area contributed by atoms with Crippen molar-refractivity contribution >= 4 is 45.2 Å². The molecule has 1 saturated carbocycles. The molecular formula is C25H27ClN2O5S. The molecule has 2 fully saturated rings. The van der Waals surface area contributed by atoms with Gasteiger partial charge in [-0.25, -0.2) is 4.79 Å². The monoisotopic (exact) mass is 502 g/mol. The third kappa shape index (κ3) is 4.67. The molecule has 0 bridgehead atoms. The number of morpholine rings is 1. The number of amides is 1. The van der Waals surface area contributed by atoms with Gasteiger partial charge in [0.25, 0.3) is 0 Å². The zero-order valence-electron chi connectivity index (χ0n) is 18.8. The first kappa shape index (κ1) is 23.2. The summed E-state index contributed by atoms with van der Waals surface area (Å²) in [6.45, 7) is 2.38. The molecule has 7 nitrogen and oxygen atoms in total. The molecule has 0 unspecified atom stereocenters. The Bertz CT molecular complexity index is 1210. The lowest BCUT2D eigenvalue weighted by Gasteiger charge is -2.28. The summed E-state index contributed by atoms with van der Waals surface area (Å²) in [5, 5.41) is 10.1. The van der Waals surface area contributed by atoms with E-state index < -0.39 is 6.16 Å². The Kier molecular flexibility index (Phi) is 6.81. The van der Waals surface area contributed by atoms with Gasteiger partial charge >= 0.3 is 6.16 Å². The van der Waals surface area contributed by atoms with E-state index >= 15 is 0 Å². The van der Waals surface area contributed by atoms with Crippen LogP contribution in [0.5, 0.6) is 5.06 Å². The molecule has 2 aliphatic rings. The Morgan fingerprint density at radius 1 is 1.15 bits per heavy atom. The van der Waals surface area contributed by atoms with Crippen LogP contribution in [0.15, 0.2) is 30.3 Å². The molecule has 34 heavy (non-hydrogen) atoms. The molecule has 1 aliphatic heterocycles. The average Bonchev–Trinajstić information content (AvgIpc) is 3.36. The first-order chi connectivity index (χ1) is 16.5. The highest BCUT2D eigenvalue weighted by atomic mass is 35.5. The summed E-state index contributed by atoms with van der Waals surface area (Å²) in [6.07, 6.45) is 4.33. The summed E-state index contributed by atoms with van der Waals surface area (Å²) in [5.74, 6) is 0.354. The number of halogens is 1. The zero-order valence-corrected chi connectivity index (χ0v) is 20.4. The fourth-order valence-electron chi connectivity index (χ4n) is 5.19. The summed E-state index contributed by atoms with van der Waals surface area (Å²) in [5.41, 5.74) is 3.97. The van der Waals surface area contributed by atoms with Gasteiger partial charge in [0.05, 0.1) is 29.1 Å². The number of nitrogens with zero attached hydrogens (tertiary/aromatic N) is 2. The first-order valence-corrected chi connectivity index (χ1v) is 12.9. The number of carbonyl (C=O) groups excluding carboxylic acids is 1. The van der Waals surface area contributed by atoms with Gasteiger partial charge in [0.1, 0.15) is 6.54 Å². The van der Waals surface area contributed by atoms with E-state index in [1.807, 2.05) is 33.7 Å². The minimum absolute atomic E-state index is 0.0191. The van der Waals surface area contributed by atoms with Crippen LogP contribution in [-0.2, 0) is 16.1 Å². The summed E-state index contributed by atoms with van der Waals surface area (Å²) in [7, 11) is 0. The molecule has 1 saturated heterocycles. The number of aromatic nitrogens is 1. The quantitative estimate of drug-likeness (QED) is 0.433. The van der Waals surface area contributed by atoms with E-state index in [2.05, 4.69) is 0 Å². The predicted octanol–water partition coefficient (Wildman–Crippen LogP) is 5.99. The summed E-state index contributed by atoms with van der Waals surface area (Å²) < 4.78 is 13.5. The Hall–Kier alpha value is -2.55. The number of ether oxygens (including phenoxy) is 2. The van der Waals surface area contributed by atoms with Crippen molar-refractivity contribution in [3.05, 3.63) is 40.9 Å². The number of fused-ring (bicyclic) bond motifs is 1. The molecule has 9 heteroatoms. The van der Waals surface area contributed by atoms with E-state index in [1.165, 1.54) is 23.3 Å². The van der Waals surface area contributed by atoms with Gasteiger partial charge in [-0.2, -0.15) is 0 Å². The van der Waals surface area contributed by atoms with Crippen molar-refractivity contribution < 1.29 is 24.2 Å². The lowest BCUT2D eigenvalue weighted by molar-refractivity contribution is -0.135. The van der Waals surface area contributed by atoms with Crippen LogP contribution in [0, 0.1) is 0 Å². The van der Waals surface area contributed by atoms with Gasteiger partial charge in [-0.1, -0.05) is 54.3 Å². The predicted molar refractivity (Wildman–Crippen MR) is 132 cm³/mol. The molecule has 5 rings (SSSR count). The molecule has 2 aromatic heterocycles.